The maximum atomic E-state index is 3.85. The molecule has 0 saturated carbocycles. The van der Waals surface area contributed by atoms with Crippen molar-refractivity contribution in [1.29, 1.82) is 0 Å². The van der Waals surface area contributed by atoms with Crippen molar-refractivity contribution < 1.29 is 0 Å². The lowest BCUT2D eigenvalue weighted by atomic mass is 9.92. The second-order valence-electron chi connectivity index (χ2n) is 4.03. The van der Waals surface area contributed by atoms with Crippen LogP contribution in [-0.4, -0.2) is 0 Å². The molecule has 1 aromatic carbocycles. The highest BCUT2D eigenvalue weighted by atomic mass is 14.1. The molecule has 76 valence electrons. The number of rotatable bonds is 2. The molecule has 0 fully saturated rings. The summed E-state index contributed by atoms with van der Waals surface area (Å²) in [5, 5.41) is 0. The Bertz CT molecular complexity index is 421. The van der Waals surface area contributed by atoms with Gasteiger partial charge in [-0.1, -0.05) is 54.1 Å². The van der Waals surface area contributed by atoms with Crippen molar-refractivity contribution in [3.8, 4) is 0 Å². The molecule has 0 heteroatoms. The summed E-state index contributed by atoms with van der Waals surface area (Å²) >= 11 is 0. The molecule has 1 atom stereocenters. The van der Waals surface area contributed by atoms with E-state index in [4.69, 9.17) is 0 Å². The molecule has 2 rings (SSSR count). The van der Waals surface area contributed by atoms with E-state index >= 15 is 0 Å². The Morgan fingerprint density at radius 3 is 3.00 bits per heavy atom. The molecule has 0 heterocycles. The maximum Gasteiger partial charge on any atom is -0.00123 e. The van der Waals surface area contributed by atoms with Crippen LogP contribution < -0.4 is 0 Å². The molecule has 15 heavy (non-hydrogen) atoms. The fourth-order valence-corrected chi connectivity index (χ4v) is 1.89. The minimum absolute atomic E-state index is 0.491. The molecule has 0 aliphatic heterocycles. The molecule has 0 aromatic heterocycles. The summed E-state index contributed by atoms with van der Waals surface area (Å²) in [6.45, 7) is 5.98. The van der Waals surface area contributed by atoms with E-state index in [0.717, 1.165) is 6.42 Å². The molecule has 1 aliphatic carbocycles. The highest BCUT2D eigenvalue weighted by Crippen LogP contribution is 2.25. The van der Waals surface area contributed by atoms with Crippen molar-refractivity contribution in [2.45, 2.75) is 13.3 Å². The van der Waals surface area contributed by atoms with Gasteiger partial charge in [0.15, 0.2) is 0 Å². The van der Waals surface area contributed by atoms with E-state index in [-0.39, 0.29) is 0 Å². The summed E-state index contributed by atoms with van der Waals surface area (Å²) in [6, 6.07) is 8.62. The van der Waals surface area contributed by atoms with E-state index in [0.29, 0.717) is 5.92 Å². The molecule has 1 unspecified atom stereocenters. The molecular weight excluding hydrogens is 180 g/mol. The zero-order valence-corrected chi connectivity index (χ0v) is 9.11. The van der Waals surface area contributed by atoms with E-state index in [9.17, 15) is 0 Å². The van der Waals surface area contributed by atoms with E-state index in [1.807, 2.05) is 6.08 Å². The second-order valence-corrected chi connectivity index (χ2v) is 4.03. The molecular formula is C15H16. The van der Waals surface area contributed by atoms with Gasteiger partial charge >= 0.3 is 0 Å². The number of allylic oxidation sites excluding steroid dienone is 5. The lowest BCUT2D eigenvalue weighted by molar-refractivity contribution is 0.828. The third kappa shape index (κ3) is 2.27. The van der Waals surface area contributed by atoms with E-state index in [1.165, 1.54) is 16.7 Å². The molecule has 1 aromatic rings. The maximum absolute atomic E-state index is 3.85. The van der Waals surface area contributed by atoms with Gasteiger partial charge in [0.05, 0.1) is 0 Å². The quantitative estimate of drug-likeness (QED) is 0.623. The Morgan fingerprint density at radius 2 is 2.27 bits per heavy atom. The Hall–Kier alpha value is -1.56. The second kappa shape index (κ2) is 4.31. The van der Waals surface area contributed by atoms with Gasteiger partial charge < -0.3 is 0 Å². The third-order valence-corrected chi connectivity index (χ3v) is 2.75. The van der Waals surface area contributed by atoms with Crippen LogP contribution in [-0.2, 0) is 0 Å². The Balaban J connectivity index is 2.34. The average molecular weight is 196 g/mol. The van der Waals surface area contributed by atoms with Gasteiger partial charge in [0.2, 0.25) is 0 Å². The first-order chi connectivity index (χ1) is 7.29. The topological polar surface area (TPSA) is 0 Å². The SMILES string of the molecule is C=CC1C=C(c2cccc(C)c2)C=CC1. The first-order valence-electron chi connectivity index (χ1n) is 5.37. The van der Waals surface area contributed by atoms with Crippen LogP contribution in [0.2, 0.25) is 0 Å². The van der Waals surface area contributed by atoms with Crippen molar-refractivity contribution in [2.24, 2.45) is 5.92 Å². The van der Waals surface area contributed by atoms with Crippen molar-refractivity contribution in [3.63, 3.8) is 0 Å². The highest BCUT2D eigenvalue weighted by Gasteiger charge is 2.07. The van der Waals surface area contributed by atoms with Gasteiger partial charge in [-0.25, -0.2) is 0 Å². The Kier molecular flexibility index (Phi) is 2.86. The summed E-state index contributed by atoms with van der Waals surface area (Å²) in [4.78, 5) is 0. The van der Waals surface area contributed by atoms with Crippen LogP contribution in [0.5, 0.6) is 0 Å². The number of hydrogen-bond donors (Lipinski definition) is 0. The Morgan fingerprint density at radius 1 is 1.40 bits per heavy atom. The molecule has 0 amide bonds. The van der Waals surface area contributed by atoms with Gasteiger partial charge in [0.1, 0.15) is 0 Å². The third-order valence-electron chi connectivity index (χ3n) is 2.75. The standard InChI is InChI=1S/C15H16/c1-3-13-7-5-9-15(11-13)14-8-4-6-12(2)10-14/h3-6,8-11,13H,1,7H2,2H3. The zero-order valence-electron chi connectivity index (χ0n) is 9.11. The minimum Gasteiger partial charge on any atom is -0.102 e. The smallest absolute Gasteiger partial charge is 0.00123 e. The fourth-order valence-electron chi connectivity index (χ4n) is 1.89. The van der Waals surface area contributed by atoms with Gasteiger partial charge in [0.25, 0.3) is 0 Å². The monoisotopic (exact) mass is 196 g/mol. The van der Waals surface area contributed by atoms with Crippen LogP contribution in [0.3, 0.4) is 0 Å². The van der Waals surface area contributed by atoms with Crippen molar-refractivity contribution in [1.82, 2.24) is 0 Å². The predicted molar refractivity (Wildman–Crippen MR) is 66.6 cm³/mol. The lowest BCUT2D eigenvalue weighted by Crippen LogP contribution is -1.96. The van der Waals surface area contributed by atoms with E-state index < -0.39 is 0 Å². The van der Waals surface area contributed by atoms with Gasteiger partial charge in [-0.05, 0) is 30.4 Å². The van der Waals surface area contributed by atoms with Gasteiger partial charge in [0, 0.05) is 0 Å². The number of benzene rings is 1. The van der Waals surface area contributed by atoms with Crippen LogP contribution in [0.1, 0.15) is 17.5 Å². The zero-order chi connectivity index (χ0) is 10.7. The fraction of sp³-hybridized carbons (Fsp3) is 0.200. The minimum atomic E-state index is 0.491. The first-order valence-corrected chi connectivity index (χ1v) is 5.37. The summed E-state index contributed by atoms with van der Waals surface area (Å²) in [6.07, 6.45) is 9.82. The molecule has 0 radical (unpaired) electrons. The van der Waals surface area contributed by atoms with Crippen LogP contribution in [0.4, 0.5) is 0 Å². The summed E-state index contributed by atoms with van der Waals surface area (Å²) in [5.74, 6) is 0.491. The van der Waals surface area contributed by atoms with Crippen LogP contribution in [0, 0.1) is 12.8 Å². The van der Waals surface area contributed by atoms with E-state index in [1.54, 1.807) is 0 Å². The van der Waals surface area contributed by atoms with Crippen molar-refractivity contribution in [2.75, 3.05) is 0 Å². The summed E-state index contributed by atoms with van der Waals surface area (Å²) < 4.78 is 0. The van der Waals surface area contributed by atoms with Crippen LogP contribution in [0.15, 0.2) is 55.1 Å². The van der Waals surface area contributed by atoms with Crippen molar-refractivity contribution in [3.05, 3.63) is 66.3 Å². The predicted octanol–water partition coefficient (Wildman–Crippen LogP) is 4.14. The lowest BCUT2D eigenvalue weighted by Gasteiger charge is -2.13. The van der Waals surface area contributed by atoms with Crippen molar-refractivity contribution >= 4 is 5.57 Å². The molecule has 0 nitrogen and oxygen atoms in total. The molecule has 0 saturated heterocycles. The summed E-state index contributed by atoms with van der Waals surface area (Å²) in [5.41, 5.74) is 3.93. The van der Waals surface area contributed by atoms with Gasteiger partial charge in [-0.2, -0.15) is 0 Å². The van der Waals surface area contributed by atoms with Crippen LogP contribution >= 0.6 is 0 Å². The molecule has 0 N–H and O–H groups in total. The molecule has 1 aliphatic rings. The molecule has 0 spiro atoms. The van der Waals surface area contributed by atoms with Gasteiger partial charge in [-0.15, -0.1) is 6.58 Å². The first kappa shape index (κ1) is 9.97. The highest BCUT2D eigenvalue weighted by molar-refractivity contribution is 5.75. The van der Waals surface area contributed by atoms with Crippen LogP contribution in [0.25, 0.3) is 5.57 Å². The normalized spacial score (nSPS) is 19.8. The van der Waals surface area contributed by atoms with E-state index in [2.05, 4.69) is 56.0 Å². The largest absolute Gasteiger partial charge is 0.102 e. The number of aryl methyl sites for hydroxylation is 1. The number of hydrogen-bond acceptors (Lipinski definition) is 0. The van der Waals surface area contributed by atoms with Gasteiger partial charge in [-0.3, -0.25) is 0 Å². The molecule has 0 bridgehead atoms. The Labute approximate surface area is 91.6 Å². The summed E-state index contributed by atoms with van der Waals surface area (Å²) in [7, 11) is 0. The average Bonchev–Trinajstić information content (AvgIpc) is 2.29.